The van der Waals surface area contributed by atoms with Crippen LogP contribution in [0.2, 0.25) is 0 Å². The summed E-state index contributed by atoms with van der Waals surface area (Å²) in [5.74, 6) is -0.647. The average molecular weight is 300 g/mol. The highest BCUT2D eigenvalue weighted by molar-refractivity contribution is 7.91. The number of halogens is 1. The molecule has 1 fully saturated rings. The van der Waals surface area contributed by atoms with Gasteiger partial charge in [-0.3, -0.25) is 0 Å². The van der Waals surface area contributed by atoms with Crippen LogP contribution in [0.1, 0.15) is 27.7 Å². The van der Waals surface area contributed by atoms with Crippen molar-refractivity contribution in [1.82, 2.24) is 0 Å². The first kappa shape index (κ1) is 15.5. The van der Waals surface area contributed by atoms with Gasteiger partial charge in [-0.05, 0) is 39.8 Å². The van der Waals surface area contributed by atoms with Crippen molar-refractivity contribution in [2.24, 2.45) is 0 Å². The predicted molar refractivity (Wildman–Crippen MR) is 75.2 cm³/mol. The van der Waals surface area contributed by atoms with Gasteiger partial charge in [-0.2, -0.15) is 0 Å². The van der Waals surface area contributed by atoms with E-state index in [0.717, 1.165) is 6.26 Å². The molecule has 0 aliphatic carbocycles. The number of hydrogen-bond acceptors (Lipinski definition) is 4. The molecule has 0 saturated carbocycles. The minimum atomic E-state index is -3.57. The molecule has 4 nitrogen and oxygen atoms in total. The van der Waals surface area contributed by atoms with Crippen LogP contribution >= 0.6 is 0 Å². The lowest BCUT2D eigenvalue weighted by Gasteiger charge is -2.32. The molecule has 110 valence electrons. The first-order valence-corrected chi connectivity index (χ1v) is 8.19. The Hall–Kier alpha value is -0.915. The monoisotopic (exact) mass is 300 g/mol. The van der Waals surface area contributed by atoms with Crippen LogP contribution in [0, 0.1) is 5.82 Å². The van der Waals surface area contributed by atoms with Gasteiger partial charge in [0.15, 0.2) is 9.84 Å². The topological polar surface area (TPSA) is 52.6 Å². The van der Waals surface area contributed by atoms with Crippen molar-refractivity contribution in [3.8, 4) is 0 Å². The molecule has 2 rings (SSSR count). The summed E-state index contributed by atoms with van der Waals surface area (Å²) >= 11 is 0. The van der Waals surface area contributed by atoms with Crippen LogP contribution < -0.4 is 5.46 Å². The van der Waals surface area contributed by atoms with Gasteiger partial charge in [0, 0.05) is 11.7 Å². The molecule has 0 radical (unpaired) electrons. The first-order chi connectivity index (χ1) is 8.96. The zero-order valence-electron chi connectivity index (χ0n) is 12.2. The summed E-state index contributed by atoms with van der Waals surface area (Å²) in [6, 6.07) is 3.92. The number of hydrogen-bond donors (Lipinski definition) is 0. The molecule has 0 amide bonds. The lowest BCUT2D eigenvalue weighted by atomic mass is 9.78. The largest absolute Gasteiger partial charge is 0.499 e. The SMILES string of the molecule is CC1(C)OB(c2c(F)cccc2S(C)(=O)=O)OC1(C)C. The molecule has 0 N–H and O–H groups in total. The van der Waals surface area contributed by atoms with Gasteiger partial charge >= 0.3 is 7.12 Å². The zero-order chi connectivity index (χ0) is 15.3. The Labute approximate surface area is 119 Å². The molecule has 7 heteroatoms. The molecule has 0 unspecified atom stereocenters. The summed E-state index contributed by atoms with van der Waals surface area (Å²) < 4.78 is 49.2. The molecule has 0 atom stereocenters. The van der Waals surface area contributed by atoms with Crippen molar-refractivity contribution in [2.45, 2.75) is 43.8 Å². The number of sulfone groups is 1. The number of benzene rings is 1. The lowest BCUT2D eigenvalue weighted by molar-refractivity contribution is 0.00578. The second-order valence-corrected chi connectivity index (χ2v) is 8.00. The van der Waals surface area contributed by atoms with Crippen LogP contribution in [-0.4, -0.2) is 33.0 Å². The summed E-state index contributed by atoms with van der Waals surface area (Å²) in [5.41, 5.74) is -1.38. The molecule has 1 heterocycles. The number of rotatable bonds is 2. The Bertz CT molecular complexity index is 624. The standard InChI is InChI=1S/C13H18BFO4S/c1-12(2)13(3,4)19-14(18-12)11-9(15)7-6-8-10(11)20(5,16)17/h6-8H,1-5H3. The van der Waals surface area contributed by atoms with E-state index in [1.807, 2.05) is 27.7 Å². The fourth-order valence-corrected chi connectivity index (χ4v) is 2.95. The van der Waals surface area contributed by atoms with E-state index in [1.165, 1.54) is 18.2 Å². The Kier molecular flexibility index (Phi) is 3.52. The molecule has 1 aromatic rings. The highest BCUT2D eigenvalue weighted by atomic mass is 32.2. The van der Waals surface area contributed by atoms with Gasteiger partial charge < -0.3 is 9.31 Å². The van der Waals surface area contributed by atoms with E-state index in [-0.39, 0.29) is 10.4 Å². The summed E-state index contributed by atoms with van der Waals surface area (Å²) in [6.45, 7) is 7.31. The second kappa shape index (κ2) is 4.54. The Balaban J connectivity index is 2.56. The Morgan fingerprint density at radius 1 is 1.10 bits per heavy atom. The van der Waals surface area contributed by atoms with Gasteiger partial charge in [0.1, 0.15) is 5.82 Å². The van der Waals surface area contributed by atoms with Crippen LogP contribution in [0.25, 0.3) is 0 Å². The third-order valence-corrected chi connectivity index (χ3v) is 5.06. The molecule has 1 aromatic carbocycles. The highest BCUT2D eigenvalue weighted by Crippen LogP contribution is 2.37. The van der Waals surface area contributed by atoms with Gasteiger partial charge in [-0.1, -0.05) is 6.07 Å². The van der Waals surface area contributed by atoms with E-state index in [1.54, 1.807) is 0 Å². The fourth-order valence-electron chi connectivity index (χ4n) is 2.03. The molecule has 0 spiro atoms. The van der Waals surface area contributed by atoms with Crippen molar-refractivity contribution in [1.29, 1.82) is 0 Å². The van der Waals surface area contributed by atoms with E-state index in [2.05, 4.69) is 0 Å². The molecule has 0 bridgehead atoms. The zero-order valence-corrected chi connectivity index (χ0v) is 13.0. The maximum atomic E-state index is 14.1. The van der Waals surface area contributed by atoms with Crippen molar-refractivity contribution in [3.05, 3.63) is 24.0 Å². The van der Waals surface area contributed by atoms with E-state index in [0.29, 0.717) is 0 Å². The third-order valence-electron chi connectivity index (χ3n) is 3.90. The van der Waals surface area contributed by atoms with Crippen molar-refractivity contribution >= 4 is 22.4 Å². The van der Waals surface area contributed by atoms with Gasteiger partial charge in [0.05, 0.1) is 16.1 Å². The van der Waals surface area contributed by atoms with Crippen LogP contribution in [0.3, 0.4) is 0 Å². The minimum absolute atomic E-state index is 0.0614. The van der Waals surface area contributed by atoms with E-state index in [9.17, 15) is 12.8 Å². The summed E-state index contributed by atoms with van der Waals surface area (Å²) in [7, 11) is -4.60. The quantitative estimate of drug-likeness (QED) is 0.777. The molecule has 20 heavy (non-hydrogen) atoms. The van der Waals surface area contributed by atoms with Gasteiger partial charge in [0.2, 0.25) is 0 Å². The van der Waals surface area contributed by atoms with Crippen molar-refractivity contribution in [3.63, 3.8) is 0 Å². The van der Waals surface area contributed by atoms with Crippen LogP contribution in [0.4, 0.5) is 4.39 Å². The predicted octanol–water partition coefficient (Wildman–Crippen LogP) is 1.53. The summed E-state index contributed by atoms with van der Waals surface area (Å²) in [6.07, 6.45) is 1.04. The molecule has 1 aliphatic rings. The van der Waals surface area contributed by atoms with Gasteiger partial charge in [-0.15, -0.1) is 0 Å². The highest BCUT2D eigenvalue weighted by Gasteiger charge is 2.53. The first-order valence-electron chi connectivity index (χ1n) is 6.30. The smallest absolute Gasteiger partial charge is 0.399 e. The molecular formula is C13H18BFO4S. The Morgan fingerprint density at radius 2 is 1.60 bits per heavy atom. The fraction of sp³-hybridized carbons (Fsp3) is 0.538. The van der Waals surface area contributed by atoms with Gasteiger partial charge in [-0.25, -0.2) is 12.8 Å². The normalized spacial score (nSPS) is 21.2. The third kappa shape index (κ3) is 2.50. The average Bonchev–Trinajstić information content (AvgIpc) is 2.46. The lowest BCUT2D eigenvalue weighted by Crippen LogP contribution is -2.41. The van der Waals surface area contributed by atoms with Crippen LogP contribution in [-0.2, 0) is 19.1 Å². The molecule has 0 aromatic heterocycles. The maximum Gasteiger partial charge on any atom is 0.499 e. The van der Waals surface area contributed by atoms with E-state index < -0.39 is 34.0 Å². The summed E-state index contributed by atoms with van der Waals surface area (Å²) in [4.78, 5) is -0.101. The van der Waals surface area contributed by atoms with E-state index in [4.69, 9.17) is 9.31 Å². The minimum Gasteiger partial charge on any atom is -0.399 e. The maximum absolute atomic E-state index is 14.1. The second-order valence-electron chi connectivity index (χ2n) is 6.01. The Morgan fingerprint density at radius 3 is 2.05 bits per heavy atom. The molecule has 1 saturated heterocycles. The summed E-state index contributed by atoms with van der Waals surface area (Å²) in [5, 5.41) is 0. The van der Waals surface area contributed by atoms with Crippen LogP contribution in [0.5, 0.6) is 0 Å². The van der Waals surface area contributed by atoms with E-state index >= 15 is 0 Å². The van der Waals surface area contributed by atoms with Gasteiger partial charge in [0.25, 0.3) is 0 Å². The molecule has 1 aliphatic heterocycles. The van der Waals surface area contributed by atoms with Crippen LogP contribution in [0.15, 0.2) is 23.1 Å². The molecular weight excluding hydrogens is 282 g/mol. The van der Waals surface area contributed by atoms with Crippen molar-refractivity contribution < 1.29 is 22.1 Å². The van der Waals surface area contributed by atoms with Crippen molar-refractivity contribution in [2.75, 3.05) is 6.26 Å².